The average molecular weight is 492 g/mol. The summed E-state index contributed by atoms with van der Waals surface area (Å²) in [5.41, 5.74) is 4.34. The third-order valence-electron chi connectivity index (χ3n) is 8.25. The molecule has 7 heteroatoms. The maximum atomic E-state index is 13.6. The Balaban J connectivity index is 1.27. The van der Waals surface area contributed by atoms with Crippen molar-refractivity contribution in [3.05, 3.63) is 47.5 Å². The van der Waals surface area contributed by atoms with Crippen LogP contribution in [0.1, 0.15) is 50.3 Å². The van der Waals surface area contributed by atoms with Crippen LogP contribution in [0.2, 0.25) is 0 Å². The van der Waals surface area contributed by atoms with Crippen LogP contribution in [0.3, 0.4) is 0 Å². The average Bonchev–Trinajstić information content (AvgIpc) is 3.30. The zero-order valence-electron chi connectivity index (χ0n) is 21.8. The molecule has 7 nitrogen and oxygen atoms in total. The monoisotopic (exact) mass is 491 g/mol. The maximum Gasteiger partial charge on any atom is 0.228 e. The third-order valence-corrected chi connectivity index (χ3v) is 8.25. The van der Waals surface area contributed by atoms with Crippen LogP contribution in [0.15, 0.2) is 36.4 Å². The lowest BCUT2D eigenvalue weighted by Crippen LogP contribution is -2.43. The molecule has 0 bridgehead atoms. The quantitative estimate of drug-likeness (QED) is 0.619. The predicted octanol–water partition coefficient (Wildman–Crippen LogP) is 4.44. The highest BCUT2D eigenvalue weighted by Crippen LogP contribution is 2.39. The van der Waals surface area contributed by atoms with E-state index in [2.05, 4.69) is 30.9 Å². The minimum Gasteiger partial charge on any atom is -0.493 e. The van der Waals surface area contributed by atoms with E-state index < -0.39 is 0 Å². The largest absolute Gasteiger partial charge is 0.493 e. The van der Waals surface area contributed by atoms with Gasteiger partial charge in [0.2, 0.25) is 11.8 Å². The molecule has 3 aliphatic heterocycles. The second kappa shape index (κ2) is 10.0. The molecule has 0 N–H and O–H groups in total. The van der Waals surface area contributed by atoms with Crippen molar-refractivity contribution in [2.75, 3.05) is 50.2 Å². The highest BCUT2D eigenvalue weighted by molar-refractivity contribution is 6.00. The van der Waals surface area contributed by atoms with Crippen LogP contribution in [-0.2, 0) is 16.0 Å². The number of ether oxygens (including phenoxy) is 2. The van der Waals surface area contributed by atoms with E-state index in [4.69, 9.17) is 9.47 Å². The van der Waals surface area contributed by atoms with Gasteiger partial charge in [-0.05, 0) is 79.6 Å². The van der Waals surface area contributed by atoms with Crippen molar-refractivity contribution in [2.24, 2.45) is 11.8 Å². The molecular formula is C29H37N3O4. The molecule has 0 saturated carbocycles. The summed E-state index contributed by atoms with van der Waals surface area (Å²) in [5, 5.41) is 0. The summed E-state index contributed by atoms with van der Waals surface area (Å²) in [6, 6.07) is 12.2. The number of piperidine rings is 1. The summed E-state index contributed by atoms with van der Waals surface area (Å²) in [4.78, 5) is 32.7. The fourth-order valence-electron chi connectivity index (χ4n) is 5.91. The van der Waals surface area contributed by atoms with Crippen molar-refractivity contribution in [1.82, 2.24) is 4.90 Å². The van der Waals surface area contributed by atoms with E-state index >= 15 is 0 Å². The Morgan fingerprint density at radius 2 is 1.56 bits per heavy atom. The van der Waals surface area contributed by atoms with E-state index in [9.17, 15) is 9.59 Å². The summed E-state index contributed by atoms with van der Waals surface area (Å²) in [5.74, 6) is 1.91. The van der Waals surface area contributed by atoms with Crippen molar-refractivity contribution in [3.8, 4) is 11.5 Å². The number of hydrogen-bond donors (Lipinski definition) is 0. The highest BCUT2D eigenvalue weighted by atomic mass is 16.5. The fraction of sp³-hybridized carbons (Fsp3) is 0.517. The number of carbonyl (C=O) groups is 2. The van der Waals surface area contributed by atoms with Gasteiger partial charge in [0.05, 0.1) is 26.2 Å². The molecule has 5 rings (SSSR count). The SMILES string of the molecule is COc1cc2c(cc1OC)C(C)N(C(=O)C1CC(=O)N(c3ccc(N4CCC(C)CC4)cc3)C1)CC2. The van der Waals surface area contributed by atoms with E-state index in [0.29, 0.717) is 24.6 Å². The Hall–Kier alpha value is -3.22. The van der Waals surface area contributed by atoms with Gasteiger partial charge in [0.1, 0.15) is 0 Å². The summed E-state index contributed by atoms with van der Waals surface area (Å²) in [6.45, 7) is 7.59. The molecule has 3 heterocycles. The van der Waals surface area contributed by atoms with Crippen molar-refractivity contribution in [1.29, 1.82) is 0 Å². The van der Waals surface area contributed by atoms with Gasteiger partial charge in [0.25, 0.3) is 0 Å². The topological polar surface area (TPSA) is 62.3 Å². The molecule has 2 saturated heterocycles. The lowest BCUT2D eigenvalue weighted by Gasteiger charge is -2.37. The van der Waals surface area contributed by atoms with Crippen molar-refractivity contribution in [2.45, 2.75) is 45.6 Å². The second-order valence-electron chi connectivity index (χ2n) is 10.5. The molecule has 2 amide bonds. The lowest BCUT2D eigenvalue weighted by molar-refractivity contribution is -0.138. The number of nitrogens with zero attached hydrogens (tertiary/aromatic N) is 3. The van der Waals surface area contributed by atoms with Crippen LogP contribution in [0, 0.1) is 11.8 Å². The fourth-order valence-corrected chi connectivity index (χ4v) is 5.91. The predicted molar refractivity (Wildman–Crippen MR) is 141 cm³/mol. The molecule has 2 unspecified atom stereocenters. The zero-order valence-corrected chi connectivity index (χ0v) is 21.8. The Morgan fingerprint density at radius 3 is 2.22 bits per heavy atom. The Kier molecular flexibility index (Phi) is 6.82. The number of amides is 2. The van der Waals surface area contributed by atoms with Gasteiger partial charge in [-0.3, -0.25) is 9.59 Å². The molecule has 3 aliphatic rings. The first kappa shape index (κ1) is 24.5. The number of carbonyl (C=O) groups excluding carboxylic acids is 2. The van der Waals surface area contributed by atoms with Gasteiger partial charge in [-0.25, -0.2) is 0 Å². The smallest absolute Gasteiger partial charge is 0.228 e. The minimum absolute atomic E-state index is 0.0179. The summed E-state index contributed by atoms with van der Waals surface area (Å²) in [6.07, 6.45) is 3.45. The number of rotatable bonds is 5. The minimum atomic E-state index is -0.329. The summed E-state index contributed by atoms with van der Waals surface area (Å²) in [7, 11) is 3.26. The molecule has 2 fully saturated rings. The first-order valence-corrected chi connectivity index (χ1v) is 13.1. The van der Waals surface area contributed by atoms with Gasteiger partial charge in [-0.15, -0.1) is 0 Å². The molecule has 192 valence electrons. The van der Waals surface area contributed by atoms with E-state index in [1.807, 2.05) is 29.2 Å². The Labute approximate surface area is 214 Å². The second-order valence-corrected chi connectivity index (χ2v) is 10.5. The Bertz CT molecular complexity index is 1120. The molecule has 0 spiro atoms. The lowest BCUT2D eigenvalue weighted by atomic mass is 9.91. The third kappa shape index (κ3) is 4.51. The van der Waals surface area contributed by atoms with Gasteiger partial charge in [0.15, 0.2) is 11.5 Å². The van der Waals surface area contributed by atoms with E-state index in [-0.39, 0.29) is 30.2 Å². The van der Waals surface area contributed by atoms with Gasteiger partial charge in [0, 0.05) is 44.0 Å². The van der Waals surface area contributed by atoms with Crippen LogP contribution in [0.4, 0.5) is 11.4 Å². The van der Waals surface area contributed by atoms with Crippen molar-refractivity contribution < 1.29 is 19.1 Å². The standard InChI is InChI=1S/C29H37N3O4/c1-19-9-12-30(13-10-19)23-5-7-24(8-6-23)32-18-22(16-28(32)33)29(34)31-14-11-21-15-26(35-3)27(36-4)17-25(21)20(31)2/h5-8,15,17,19-20,22H,9-14,16,18H2,1-4H3. The highest BCUT2D eigenvalue weighted by Gasteiger charge is 2.40. The van der Waals surface area contributed by atoms with Crippen molar-refractivity contribution >= 4 is 23.2 Å². The van der Waals surface area contributed by atoms with Crippen LogP contribution >= 0.6 is 0 Å². The number of anilines is 2. The number of methoxy groups -OCH3 is 2. The maximum absolute atomic E-state index is 13.6. The number of fused-ring (bicyclic) bond motifs is 1. The molecule has 2 aromatic carbocycles. The molecule has 0 aromatic heterocycles. The molecule has 2 atom stereocenters. The first-order chi connectivity index (χ1) is 17.4. The van der Waals surface area contributed by atoms with E-state index in [0.717, 1.165) is 36.7 Å². The Morgan fingerprint density at radius 1 is 0.917 bits per heavy atom. The first-order valence-electron chi connectivity index (χ1n) is 13.1. The van der Waals surface area contributed by atoms with Gasteiger partial charge < -0.3 is 24.2 Å². The van der Waals surface area contributed by atoms with Gasteiger partial charge in [-0.2, -0.15) is 0 Å². The van der Waals surface area contributed by atoms with Gasteiger partial charge in [-0.1, -0.05) is 6.92 Å². The van der Waals surface area contributed by atoms with Crippen molar-refractivity contribution in [3.63, 3.8) is 0 Å². The molecule has 2 aromatic rings. The molecule has 36 heavy (non-hydrogen) atoms. The number of hydrogen-bond acceptors (Lipinski definition) is 5. The van der Waals surface area contributed by atoms with E-state index in [1.165, 1.54) is 24.1 Å². The number of benzene rings is 2. The normalized spacial score (nSPS) is 22.6. The van der Waals surface area contributed by atoms with Gasteiger partial charge >= 0.3 is 0 Å². The van der Waals surface area contributed by atoms with Crippen LogP contribution < -0.4 is 19.3 Å². The zero-order chi connectivity index (χ0) is 25.4. The van der Waals surface area contributed by atoms with E-state index in [1.54, 1.807) is 19.1 Å². The molecule has 0 aliphatic carbocycles. The molecule has 0 radical (unpaired) electrons. The molecular weight excluding hydrogens is 454 g/mol. The van der Waals surface area contributed by atoms with Crippen LogP contribution in [0.25, 0.3) is 0 Å². The summed E-state index contributed by atoms with van der Waals surface area (Å²) < 4.78 is 10.9. The van der Waals surface area contributed by atoms with Crippen LogP contribution in [-0.4, -0.2) is 57.1 Å². The summed E-state index contributed by atoms with van der Waals surface area (Å²) >= 11 is 0. The van der Waals surface area contributed by atoms with Crippen LogP contribution in [0.5, 0.6) is 11.5 Å².